The summed E-state index contributed by atoms with van der Waals surface area (Å²) in [6, 6.07) is 3.10. The molecule has 1 N–H and O–H groups in total. The summed E-state index contributed by atoms with van der Waals surface area (Å²) in [6.07, 6.45) is 2.25. The number of carbonyl (C=O) groups excluding carboxylic acids is 1. The molecule has 29 heavy (non-hydrogen) atoms. The van der Waals surface area contributed by atoms with Gasteiger partial charge in [-0.15, -0.1) is 5.54 Å². The molecule has 0 aliphatic heterocycles. The zero-order chi connectivity index (χ0) is 22.8. The lowest BCUT2D eigenvalue weighted by Gasteiger charge is -2.21. The van der Waals surface area contributed by atoms with Crippen LogP contribution in [0.1, 0.15) is 48.5 Å². The third-order valence-corrected chi connectivity index (χ3v) is 12.6. The van der Waals surface area contributed by atoms with Gasteiger partial charge in [0, 0.05) is 11.5 Å². The second kappa shape index (κ2) is 12.4. The second-order valence-corrected chi connectivity index (χ2v) is 15.1. The molecule has 0 rings (SSSR count). The molecule has 0 amide bonds. The van der Waals surface area contributed by atoms with Gasteiger partial charge in [0.1, 0.15) is 14.2 Å². The van der Waals surface area contributed by atoms with Gasteiger partial charge in [-0.25, -0.2) is 13.2 Å². The molecule has 7 heteroatoms. The van der Waals surface area contributed by atoms with Gasteiger partial charge >= 0.3 is 5.97 Å². The number of ether oxygens (including phenoxy) is 1. The van der Waals surface area contributed by atoms with Crippen molar-refractivity contribution in [3.63, 3.8) is 0 Å². The van der Waals surface area contributed by atoms with E-state index < -0.39 is 41.2 Å². The van der Waals surface area contributed by atoms with Crippen molar-refractivity contribution in [2.75, 3.05) is 12.9 Å². The summed E-state index contributed by atoms with van der Waals surface area (Å²) in [6.45, 7) is 13.1. The molecule has 0 saturated carbocycles. The molecule has 0 radical (unpaired) electrons. The van der Waals surface area contributed by atoms with Gasteiger partial charge in [-0.1, -0.05) is 45.3 Å². The number of aliphatic hydroxyl groups is 1. The third kappa shape index (κ3) is 8.89. The van der Waals surface area contributed by atoms with Crippen LogP contribution in [0.4, 0.5) is 0 Å². The van der Waals surface area contributed by atoms with E-state index in [0.717, 1.165) is 18.1 Å². The van der Waals surface area contributed by atoms with E-state index in [1.54, 1.807) is 39.8 Å². The maximum Gasteiger partial charge on any atom is 0.333 e. The number of esters is 1. The number of aliphatic hydroxyl groups excluding tert-OH is 1. The quantitative estimate of drug-likeness (QED) is 0.182. The van der Waals surface area contributed by atoms with Gasteiger partial charge in [-0.05, 0) is 45.0 Å². The minimum absolute atomic E-state index is 0.146. The fraction of sp³-hybridized carbons (Fsp3) is 0.682. The molecule has 0 fully saturated rings. The lowest BCUT2D eigenvalue weighted by Crippen LogP contribution is -2.32. The number of sulfone groups is 1. The lowest BCUT2D eigenvalue weighted by molar-refractivity contribution is -0.136. The molecule has 0 aliphatic carbocycles. The molecular weight excluding hydrogens is 404 g/mol. The summed E-state index contributed by atoms with van der Waals surface area (Å²) < 4.78 is 30.1. The van der Waals surface area contributed by atoms with E-state index in [0.29, 0.717) is 11.1 Å². The van der Waals surface area contributed by atoms with Crippen LogP contribution >= 0.6 is 0 Å². The number of hydrogen-bond donors (Lipinski definition) is 1. The highest BCUT2D eigenvalue weighted by Crippen LogP contribution is 2.20. The Hall–Kier alpha value is -1.36. The molecule has 0 aromatic heterocycles. The van der Waals surface area contributed by atoms with Crippen molar-refractivity contribution in [1.82, 2.24) is 0 Å². The molecule has 0 saturated heterocycles. The van der Waals surface area contributed by atoms with Crippen LogP contribution in [0.2, 0.25) is 18.1 Å². The molecule has 3 atom stereocenters. The molecule has 0 aliphatic rings. The average molecular weight is 443 g/mol. The van der Waals surface area contributed by atoms with E-state index in [-0.39, 0.29) is 5.75 Å². The molecule has 0 heterocycles. The van der Waals surface area contributed by atoms with Crippen LogP contribution < -0.4 is 0 Å². The SMILES string of the molecule is CC[Si](C#C[C@H](O)[C@H](C)CS(=O)(=O)C(C)/C=C(C)/C=C(\C)C(=O)OC)(CC)CC. The van der Waals surface area contributed by atoms with Gasteiger partial charge in [-0.2, -0.15) is 0 Å². The van der Waals surface area contributed by atoms with Crippen LogP contribution in [-0.2, 0) is 19.4 Å². The Labute approximate surface area is 178 Å². The number of methoxy groups -OCH3 is 1. The molecule has 5 nitrogen and oxygen atoms in total. The van der Waals surface area contributed by atoms with E-state index >= 15 is 0 Å². The molecule has 0 aromatic rings. The molecule has 0 aromatic carbocycles. The molecule has 0 spiro atoms. The van der Waals surface area contributed by atoms with E-state index in [9.17, 15) is 18.3 Å². The van der Waals surface area contributed by atoms with Gasteiger partial charge in [-0.3, -0.25) is 0 Å². The van der Waals surface area contributed by atoms with Crippen molar-refractivity contribution < 1.29 is 23.1 Å². The Balaban J connectivity index is 5.31. The lowest BCUT2D eigenvalue weighted by atomic mass is 10.1. The number of carbonyl (C=O) groups is 1. The predicted molar refractivity (Wildman–Crippen MR) is 123 cm³/mol. The number of rotatable bonds is 10. The van der Waals surface area contributed by atoms with Crippen molar-refractivity contribution in [3.8, 4) is 11.5 Å². The van der Waals surface area contributed by atoms with E-state index in [1.165, 1.54) is 7.11 Å². The smallest absolute Gasteiger partial charge is 0.333 e. The van der Waals surface area contributed by atoms with Crippen molar-refractivity contribution in [3.05, 3.63) is 23.3 Å². The third-order valence-electron chi connectivity index (χ3n) is 5.57. The Kier molecular flexibility index (Phi) is 11.8. The summed E-state index contributed by atoms with van der Waals surface area (Å²) in [5.41, 5.74) is 4.40. The maximum atomic E-state index is 12.7. The molecule has 1 unspecified atom stereocenters. The zero-order valence-corrected chi connectivity index (χ0v) is 21.0. The Morgan fingerprint density at radius 1 is 1.14 bits per heavy atom. The first-order chi connectivity index (χ1) is 13.4. The standard InChI is InChI=1S/C22H38O5SSi/c1-9-29(10-2,11-3)13-12-21(23)19(6)16-28(25,26)20(7)15-17(4)14-18(5)22(24)27-8/h14-15,19-21,23H,9-11,16H2,1-8H3/b17-15+,18-14+/t19-,20?,21+/m1/s1. The van der Waals surface area contributed by atoms with Crippen LogP contribution in [0.25, 0.3) is 0 Å². The maximum absolute atomic E-state index is 12.7. The highest BCUT2D eigenvalue weighted by atomic mass is 32.2. The Bertz CT molecular complexity index is 758. The Morgan fingerprint density at radius 3 is 2.10 bits per heavy atom. The number of allylic oxidation sites excluding steroid dienone is 2. The summed E-state index contributed by atoms with van der Waals surface area (Å²) in [5.74, 6) is 1.88. The normalized spacial score (nSPS) is 16.4. The van der Waals surface area contributed by atoms with Crippen LogP contribution in [-0.4, -0.2) is 51.8 Å². The minimum Gasteiger partial charge on any atom is -0.466 e. The van der Waals surface area contributed by atoms with E-state index in [2.05, 4.69) is 37.0 Å². The monoisotopic (exact) mass is 442 g/mol. The van der Waals surface area contributed by atoms with Gasteiger partial charge < -0.3 is 9.84 Å². The van der Waals surface area contributed by atoms with Crippen molar-refractivity contribution in [1.29, 1.82) is 0 Å². The van der Waals surface area contributed by atoms with Crippen molar-refractivity contribution in [2.24, 2.45) is 5.92 Å². The summed E-state index contributed by atoms with van der Waals surface area (Å²) in [4.78, 5) is 11.5. The molecule has 0 bridgehead atoms. The van der Waals surface area contributed by atoms with Gasteiger partial charge in [0.2, 0.25) is 0 Å². The van der Waals surface area contributed by atoms with Gasteiger partial charge in [0.15, 0.2) is 9.84 Å². The number of hydrogen-bond acceptors (Lipinski definition) is 5. The predicted octanol–water partition coefficient (Wildman–Crippen LogP) is 3.90. The van der Waals surface area contributed by atoms with Gasteiger partial charge in [0.25, 0.3) is 0 Å². The highest BCUT2D eigenvalue weighted by Gasteiger charge is 2.27. The van der Waals surface area contributed by atoms with Gasteiger partial charge in [0.05, 0.1) is 18.1 Å². The van der Waals surface area contributed by atoms with Crippen LogP contribution in [0, 0.1) is 17.4 Å². The molecular formula is C22H38O5SSi. The summed E-state index contributed by atoms with van der Waals surface area (Å²) >= 11 is 0. The van der Waals surface area contributed by atoms with Crippen molar-refractivity contribution >= 4 is 23.9 Å². The first kappa shape index (κ1) is 27.6. The van der Waals surface area contributed by atoms with E-state index in [4.69, 9.17) is 0 Å². The average Bonchev–Trinajstić information content (AvgIpc) is 2.67. The topological polar surface area (TPSA) is 80.7 Å². The Morgan fingerprint density at radius 2 is 1.66 bits per heavy atom. The first-order valence-corrected chi connectivity index (χ1v) is 14.6. The minimum atomic E-state index is -3.47. The van der Waals surface area contributed by atoms with Crippen LogP contribution in [0.5, 0.6) is 0 Å². The highest BCUT2D eigenvalue weighted by molar-refractivity contribution is 7.92. The first-order valence-electron chi connectivity index (χ1n) is 10.2. The van der Waals surface area contributed by atoms with Crippen molar-refractivity contribution in [2.45, 2.75) is 78.0 Å². The fourth-order valence-corrected chi connectivity index (χ4v) is 7.20. The summed E-state index contributed by atoms with van der Waals surface area (Å²) in [5, 5.41) is 9.68. The summed E-state index contributed by atoms with van der Waals surface area (Å²) in [7, 11) is -3.85. The molecule has 166 valence electrons. The second-order valence-electron chi connectivity index (χ2n) is 7.80. The van der Waals surface area contributed by atoms with Crippen LogP contribution in [0.15, 0.2) is 23.3 Å². The largest absolute Gasteiger partial charge is 0.466 e. The van der Waals surface area contributed by atoms with Crippen LogP contribution in [0.3, 0.4) is 0 Å². The van der Waals surface area contributed by atoms with E-state index in [1.807, 2.05) is 0 Å². The zero-order valence-electron chi connectivity index (χ0n) is 19.2. The fourth-order valence-electron chi connectivity index (χ4n) is 3.08.